The summed E-state index contributed by atoms with van der Waals surface area (Å²) in [6.07, 6.45) is 2.11. The third kappa shape index (κ3) is 4.45. The Morgan fingerprint density at radius 3 is 2.74 bits per heavy atom. The van der Waals surface area contributed by atoms with Crippen LogP contribution in [0.25, 0.3) is 10.2 Å². The third-order valence-corrected chi connectivity index (χ3v) is 7.84. The molecule has 180 valence electrons. The van der Waals surface area contributed by atoms with Crippen LogP contribution in [0.1, 0.15) is 24.4 Å². The maximum Gasteiger partial charge on any atom is 0.229 e. The van der Waals surface area contributed by atoms with Crippen LogP contribution in [0.4, 0.5) is 23.1 Å². The van der Waals surface area contributed by atoms with Crippen LogP contribution in [0.5, 0.6) is 0 Å². The van der Waals surface area contributed by atoms with Crippen LogP contribution in [0.3, 0.4) is 0 Å². The number of nitrogens with zero attached hydrogens (tertiary/aromatic N) is 5. The summed E-state index contributed by atoms with van der Waals surface area (Å²) in [6.45, 7) is 2.79. The molecule has 7 nitrogen and oxygen atoms in total. The maximum absolute atomic E-state index is 6.12. The molecule has 0 aliphatic carbocycles. The standard InChI is InChI=1S/C27H30N6OS/c1-31(2)22-11-14-32(18-22)21-10-6-9-20(17-21)28-27-29-23-13-16-35-25(23)26(30-27)33-24(12-15-34-33)19-7-4-3-5-8-19/h3-10,13,16-17,22,24H,11-12,14-15,18H2,1-2H3,(H,28,29,30)/t22-,24-/m1/s1. The Kier molecular flexibility index (Phi) is 6.01. The summed E-state index contributed by atoms with van der Waals surface area (Å²) in [5.74, 6) is 1.40. The molecule has 4 aromatic rings. The van der Waals surface area contributed by atoms with Gasteiger partial charge in [-0.3, -0.25) is 4.84 Å². The number of hydroxylamine groups is 1. The quantitative estimate of drug-likeness (QED) is 0.388. The number of fused-ring (bicyclic) bond motifs is 1. The SMILES string of the molecule is CN(C)[C@@H]1CCN(c2cccc(Nc3nc(N4OCC[C@@H]4c4ccccc4)c4sccc4n3)c2)C1. The average molecular weight is 487 g/mol. The minimum atomic E-state index is 0.132. The number of anilines is 4. The number of hydrogen-bond donors (Lipinski definition) is 1. The average Bonchev–Trinajstić information content (AvgIpc) is 3.65. The van der Waals surface area contributed by atoms with Crippen molar-refractivity contribution in [3.63, 3.8) is 0 Å². The van der Waals surface area contributed by atoms with Gasteiger partial charge in [0.25, 0.3) is 0 Å². The van der Waals surface area contributed by atoms with Gasteiger partial charge in [-0.1, -0.05) is 36.4 Å². The molecule has 2 aromatic carbocycles. The fraction of sp³-hybridized carbons (Fsp3) is 0.333. The molecule has 6 rings (SSSR count). The Hall–Kier alpha value is -3.20. The lowest BCUT2D eigenvalue weighted by atomic mass is 10.0. The van der Waals surface area contributed by atoms with Crippen molar-refractivity contribution in [1.29, 1.82) is 0 Å². The van der Waals surface area contributed by atoms with Crippen molar-refractivity contribution in [2.24, 2.45) is 0 Å². The van der Waals surface area contributed by atoms with E-state index in [9.17, 15) is 0 Å². The summed E-state index contributed by atoms with van der Waals surface area (Å²) in [5, 5.41) is 7.51. The summed E-state index contributed by atoms with van der Waals surface area (Å²) in [4.78, 5) is 20.6. The first-order valence-electron chi connectivity index (χ1n) is 12.2. The predicted octanol–water partition coefficient (Wildman–Crippen LogP) is 5.46. The number of thiophene rings is 1. The molecule has 35 heavy (non-hydrogen) atoms. The van der Waals surface area contributed by atoms with Crippen molar-refractivity contribution in [2.75, 3.05) is 49.1 Å². The van der Waals surface area contributed by atoms with E-state index in [0.29, 0.717) is 18.6 Å². The van der Waals surface area contributed by atoms with E-state index < -0.39 is 0 Å². The summed E-state index contributed by atoms with van der Waals surface area (Å²) in [5.41, 5.74) is 4.37. The van der Waals surface area contributed by atoms with Crippen molar-refractivity contribution in [2.45, 2.75) is 24.9 Å². The molecular weight excluding hydrogens is 456 g/mol. The van der Waals surface area contributed by atoms with Crippen LogP contribution < -0.4 is 15.3 Å². The summed E-state index contributed by atoms with van der Waals surface area (Å²) in [7, 11) is 4.32. The fourth-order valence-electron chi connectivity index (χ4n) is 5.02. The summed E-state index contributed by atoms with van der Waals surface area (Å²) in [6, 6.07) is 21.8. The lowest BCUT2D eigenvalue weighted by molar-refractivity contribution is 0.157. The Bertz CT molecular complexity index is 1310. The Labute approximate surface area is 209 Å². The van der Waals surface area contributed by atoms with Gasteiger partial charge in [-0.05, 0) is 55.7 Å². The predicted molar refractivity (Wildman–Crippen MR) is 144 cm³/mol. The maximum atomic E-state index is 6.12. The second kappa shape index (κ2) is 9.45. The zero-order valence-electron chi connectivity index (χ0n) is 20.1. The van der Waals surface area contributed by atoms with Crippen LogP contribution in [-0.4, -0.2) is 54.7 Å². The van der Waals surface area contributed by atoms with E-state index in [4.69, 9.17) is 14.8 Å². The number of rotatable bonds is 6. The van der Waals surface area contributed by atoms with E-state index in [0.717, 1.165) is 41.2 Å². The zero-order valence-corrected chi connectivity index (χ0v) is 20.9. The highest BCUT2D eigenvalue weighted by Crippen LogP contribution is 2.39. The van der Waals surface area contributed by atoms with Gasteiger partial charge in [-0.2, -0.15) is 4.98 Å². The molecule has 2 fully saturated rings. The number of benzene rings is 2. The van der Waals surface area contributed by atoms with Gasteiger partial charge in [0.1, 0.15) is 0 Å². The van der Waals surface area contributed by atoms with Crippen LogP contribution in [0.2, 0.25) is 0 Å². The van der Waals surface area contributed by atoms with E-state index in [2.05, 4.69) is 83.1 Å². The highest BCUT2D eigenvalue weighted by Gasteiger charge is 2.31. The van der Waals surface area contributed by atoms with E-state index in [-0.39, 0.29) is 6.04 Å². The van der Waals surface area contributed by atoms with E-state index in [1.54, 1.807) is 11.3 Å². The molecule has 0 spiro atoms. The van der Waals surface area contributed by atoms with E-state index in [1.807, 2.05) is 17.2 Å². The molecule has 2 aromatic heterocycles. The molecule has 0 radical (unpaired) electrons. The molecular formula is C27H30N6OS. The van der Waals surface area contributed by atoms with Crippen LogP contribution in [-0.2, 0) is 4.84 Å². The first-order valence-corrected chi connectivity index (χ1v) is 13.0. The molecule has 0 amide bonds. The minimum Gasteiger partial charge on any atom is -0.370 e. The lowest BCUT2D eigenvalue weighted by Gasteiger charge is -2.24. The molecule has 0 unspecified atom stereocenters. The molecule has 2 aliphatic heterocycles. The third-order valence-electron chi connectivity index (χ3n) is 6.94. The summed E-state index contributed by atoms with van der Waals surface area (Å²) < 4.78 is 1.04. The van der Waals surface area contributed by atoms with Crippen LogP contribution in [0.15, 0.2) is 66.0 Å². The Morgan fingerprint density at radius 1 is 1.03 bits per heavy atom. The van der Waals surface area contributed by atoms with Crippen molar-refractivity contribution in [3.05, 3.63) is 71.6 Å². The normalized spacial score (nSPS) is 20.3. The highest BCUT2D eigenvalue weighted by molar-refractivity contribution is 7.17. The molecule has 1 N–H and O–H groups in total. The first-order chi connectivity index (χ1) is 17.2. The minimum absolute atomic E-state index is 0.132. The molecule has 2 saturated heterocycles. The zero-order chi connectivity index (χ0) is 23.8. The summed E-state index contributed by atoms with van der Waals surface area (Å²) >= 11 is 1.65. The number of likely N-dealkylation sites (N-methyl/N-ethyl adjacent to an activating group) is 1. The second-order valence-corrected chi connectivity index (χ2v) is 10.3. The van der Waals surface area contributed by atoms with Gasteiger partial charge in [-0.15, -0.1) is 11.3 Å². The monoisotopic (exact) mass is 486 g/mol. The lowest BCUT2D eigenvalue weighted by Crippen LogP contribution is -2.31. The number of aromatic nitrogens is 2. The molecule has 4 heterocycles. The molecule has 2 aliphatic rings. The molecule has 2 atom stereocenters. The van der Waals surface area contributed by atoms with E-state index in [1.165, 1.54) is 17.7 Å². The van der Waals surface area contributed by atoms with Crippen molar-refractivity contribution in [1.82, 2.24) is 14.9 Å². The van der Waals surface area contributed by atoms with Crippen LogP contribution >= 0.6 is 11.3 Å². The Morgan fingerprint density at radius 2 is 1.91 bits per heavy atom. The molecule has 8 heteroatoms. The molecule has 0 saturated carbocycles. The van der Waals surface area contributed by atoms with Crippen LogP contribution in [0, 0.1) is 0 Å². The van der Waals surface area contributed by atoms with Crippen molar-refractivity contribution >= 4 is 44.7 Å². The molecule has 0 bridgehead atoms. The van der Waals surface area contributed by atoms with Crippen molar-refractivity contribution < 1.29 is 4.84 Å². The highest BCUT2D eigenvalue weighted by atomic mass is 32.1. The van der Waals surface area contributed by atoms with Crippen molar-refractivity contribution in [3.8, 4) is 0 Å². The van der Waals surface area contributed by atoms with Gasteiger partial charge < -0.3 is 15.1 Å². The van der Waals surface area contributed by atoms with Gasteiger partial charge in [-0.25, -0.2) is 10.0 Å². The van der Waals surface area contributed by atoms with Gasteiger partial charge >= 0.3 is 0 Å². The second-order valence-electron chi connectivity index (χ2n) is 9.41. The Balaban J connectivity index is 1.29. The van der Waals surface area contributed by atoms with Gasteiger partial charge in [0.05, 0.1) is 22.9 Å². The largest absolute Gasteiger partial charge is 0.370 e. The van der Waals surface area contributed by atoms with Gasteiger partial charge in [0, 0.05) is 36.9 Å². The fourth-order valence-corrected chi connectivity index (χ4v) is 5.82. The first kappa shape index (κ1) is 22.3. The topological polar surface area (TPSA) is 56.8 Å². The van der Waals surface area contributed by atoms with Gasteiger partial charge in [0.2, 0.25) is 5.95 Å². The smallest absolute Gasteiger partial charge is 0.229 e. The van der Waals surface area contributed by atoms with Gasteiger partial charge in [0.15, 0.2) is 5.82 Å². The van der Waals surface area contributed by atoms with E-state index >= 15 is 0 Å². The number of nitrogens with one attached hydrogen (secondary N) is 1. The number of hydrogen-bond acceptors (Lipinski definition) is 8.